The molecule has 0 aliphatic rings. The van der Waals surface area contributed by atoms with E-state index < -0.39 is 11.7 Å². The molecule has 0 saturated heterocycles. The van der Waals surface area contributed by atoms with Gasteiger partial charge in [-0.05, 0) is 43.0 Å². The van der Waals surface area contributed by atoms with Gasteiger partial charge in [0.05, 0.1) is 5.56 Å². The highest BCUT2D eigenvalue weighted by Gasteiger charge is 2.30. The molecule has 0 aliphatic heterocycles. The van der Waals surface area contributed by atoms with E-state index in [1.165, 1.54) is 0 Å². The zero-order chi connectivity index (χ0) is 12.2. The van der Waals surface area contributed by atoms with E-state index in [0.29, 0.717) is 6.54 Å². The van der Waals surface area contributed by atoms with Crippen LogP contribution in [0.25, 0.3) is 0 Å². The third-order valence-electron chi connectivity index (χ3n) is 2.65. The van der Waals surface area contributed by atoms with Crippen molar-refractivity contribution in [3.05, 3.63) is 35.4 Å². The van der Waals surface area contributed by atoms with E-state index in [1.54, 1.807) is 12.1 Å². The molecule has 0 bridgehead atoms. The summed E-state index contributed by atoms with van der Waals surface area (Å²) >= 11 is 0. The van der Waals surface area contributed by atoms with Crippen LogP contribution in [0.4, 0.5) is 13.2 Å². The topological polar surface area (TPSA) is 26.0 Å². The number of alkyl halides is 3. The summed E-state index contributed by atoms with van der Waals surface area (Å²) in [7, 11) is 0. The molecular weight excluding hydrogens is 215 g/mol. The Morgan fingerprint density at radius 2 is 1.75 bits per heavy atom. The Bertz CT molecular complexity index is 316. The van der Waals surface area contributed by atoms with Gasteiger partial charge in [0.2, 0.25) is 0 Å². The molecule has 0 spiro atoms. The van der Waals surface area contributed by atoms with Gasteiger partial charge >= 0.3 is 6.18 Å². The summed E-state index contributed by atoms with van der Waals surface area (Å²) in [5.74, 6) is 0.255. The van der Waals surface area contributed by atoms with Crippen molar-refractivity contribution in [2.45, 2.75) is 31.9 Å². The zero-order valence-electron chi connectivity index (χ0n) is 9.22. The molecule has 0 radical (unpaired) electrons. The first-order chi connectivity index (χ1) is 7.45. The zero-order valence-corrected chi connectivity index (χ0v) is 9.22. The van der Waals surface area contributed by atoms with Crippen LogP contribution in [0.2, 0.25) is 0 Å². The van der Waals surface area contributed by atoms with Crippen molar-refractivity contribution in [3.8, 4) is 0 Å². The van der Waals surface area contributed by atoms with Crippen LogP contribution in [0, 0.1) is 0 Å². The van der Waals surface area contributed by atoms with Crippen molar-refractivity contribution < 1.29 is 13.2 Å². The molecule has 1 aromatic carbocycles. The van der Waals surface area contributed by atoms with Crippen molar-refractivity contribution >= 4 is 0 Å². The predicted molar refractivity (Wildman–Crippen MR) is 58.1 cm³/mol. The summed E-state index contributed by atoms with van der Waals surface area (Å²) in [5, 5.41) is 0. The van der Waals surface area contributed by atoms with E-state index in [-0.39, 0.29) is 5.92 Å². The second kappa shape index (κ2) is 5.34. The molecule has 1 atom stereocenters. The first-order valence-electron chi connectivity index (χ1n) is 5.32. The fourth-order valence-corrected chi connectivity index (χ4v) is 1.59. The average molecular weight is 231 g/mol. The monoisotopic (exact) mass is 231 g/mol. The summed E-state index contributed by atoms with van der Waals surface area (Å²) in [4.78, 5) is 0. The summed E-state index contributed by atoms with van der Waals surface area (Å²) in [6.07, 6.45) is -2.46. The van der Waals surface area contributed by atoms with Crippen molar-refractivity contribution in [2.24, 2.45) is 5.73 Å². The molecule has 0 amide bonds. The Morgan fingerprint density at radius 1 is 1.19 bits per heavy atom. The Hall–Kier alpha value is -1.03. The SMILES string of the molecule is C[C@H](CCCN)c1ccc(C(F)(F)F)cc1. The molecule has 90 valence electrons. The van der Waals surface area contributed by atoms with Crippen LogP contribution in [-0.4, -0.2) is 6.54 Å². The number of nitrogens with two attached hydrogens (primary N) is 1. The van der Waals surface area contributed by atoms with Gasteiger partial charge in [0.1, 0.15) is 0 Å². The largest absolute Gasteiger partial charge is 0.416 e. The molecule has 0 aliphatic carbocycles. The lowest BCUT2D eigenvalue weighted by Crippen LogP contribution is -2.05. The van der Waals surface area contributed by atoms with Crippen LogP contribution in [0.3, 0.4) is 0 Å². The normalized spacial score (nSPS) is 13.8. The molecule has 1 rings (SSSR count). The van der Waals surface area contributed by atoms with Gasteiger partial charge in [-0.25, -0.2) is 0 Å². The van der Waals surface area contributed by atoms with Crippen LogP contribution in [-0.2, 0) is 6.18 Å². The Balaban J connectivity index is 2.71. The summed E-state index contributed by atoms with van der Waals surface area (Å²) in [5.41, 5.74) is 5.72. The quantitative estimate of drug-likeness (QED) is 0.842. The lowest BCUT2D eigenvalue weighted by molar-refractivity contribution is -0.137. The maximum atomic E-state index is 12.3. The lowest BCUT2D eigenvalue weighted by atomic mass is 9.95. The van der Waals surface area contributed by atoms with Crippen LogP contribution < -0.4 is 5.73 Å². The van der Waals surface area contributed by atoms with Crippen LogP contribution in [0.1, 0.15) is 36.8 Å². The van der Waals surface area contributed by atoms with E-state index in [0.717, 1.165) is 30.5 Å². The van der Waals surface area contributed by atoms with E-state index in [4.69, 9.17) is 5.73 Å². The van der Waals surface area contributed by atoms with E-state index in [1.807, 2.05) is 6.92 Å². The molecule has 0 unspecified atom stereocenters. The smallest absolute Gasteiger partial charge is 0.330 e. The Morgan fingerprint density at radius 3 is 2.19 bits per heavy atom. The van der Waals surface area contributed by atoms with Crippen molar-refractivity contribution in [3.63, 3.8) is 0 Å². The molecule has 0 aromatic heterocycles. The minimum atomic E-state index is -4.25. The lowest BCUT2D eigenvalue weighted by Gasteiger charge is -2.12. The number of rotatable bonds is 4. The number of benzene rings is 1. The van der Waals surface area contributed by atoms with Gasteiger partial charge in [0, 0.05) is 0 Å². The molecule has 0 heterocycles. The Kier molecular flexibility index (Phi) is 4.35. The maximum absolute atomic E-state index is 12.3. The Labute approximate surface area is 93.5 Å². The van der Waals surface area contributed by atoms with Crippen LogP contribution >= 0.6 is 0 Å². The third kappa shape index (κ3) is 3.52. The van der Waals surface area contributed by atoms with Gasteiger partial charge < -0.3 is 5.73 Å². The van der Waals surface area contributed by atoms with Crippen LogP contribution in [0.15, 0.2) is 24.3 Å². The van der Waals surface area contributed by atoms with Gasteiger partial charge in [0.25, 0.3) is 0 Å². The first-order valence-corrected chi connectivity index (χ1v) is 5.32. The maximum Gasteiger partial charge on any atom is 0.416 e. The molecule has 0 saturated carbocycles. The third-order valence-corrected chi connectivity index (χ3v) is 2.65. The highest BCUT2D eigenvalue weighted by Crippen LogP contribution is 2.30. The molecule has 0 fully saturated rings. The van der Waals surface area contributed by atoms with E-state index in [9.17, 15) is 13.2 Å². The van der Waals surface area contributed by atoms with E-state index in [2.05, 4.69) is 0 Å². The molecule has 1 aromatic rings. The standard InChI is InChI=1S/C12H16F3N/c1-9(3-2-8-16)10-4-6-11(7-5-10)12(13,14)15/h4-7,9H,2-3,8,16H2,1H3/t9-/m1/s1. The fourth-order valence-electron chi connectivity index (χ4n) is 1.59. The number of halogens is 3. The second-order valence-electron chi connectivity index (χ2n) is 3.95. The summed E-state index contributed by atoms with van der Waals surface area (Å²) < 4.78 is 36.9. The highest BCUT2D eigenvalue weighted by molar-refractivity contribution is 5.26. The van der Waals surface area contributed by atoms with E-state index >= 15 is 0 Å². The predicted octanol–water partition coefficient (Wildman–Crippen LogP) is 3.55. The van der Waals surface area contributed by atoms with Gasteiger partial charge in [-0.1, -0.05) is 19.1 Å². The molecule has 1 nitrogen and oxygen atoms in total. The van der Waals surface area contributed by atoms with Gasteiger partial charge in [-0.15, -0.1) is 0 Å². The average Bonchev–Trinajstić information content (AvgIpc) is 2.25. The fraction of sp³-hybridized carbons (Fsp3) is 0.500. The first kappa shape index (κ1) is 13.0. The minimum absolute atomic E-state index is 0.255. The van der Waals surface area contributed by atoms with Gasteiger partial charge in [-0.2, -0.15) is 13.2 Å². The second-order valence-corrected chi connectivity index (χ2v) is 3.95. The number of hydrogen-bond acceptors (Lipinski definition) is 1. The molecular formula is C12H16F3N. The summed E-state index contributed by atoms with van der Waals surface area (Å²) in [6.45, 7) is 2.61. The molecule has 16 heavy (non-hydrogen) atoms. The number of hydrogen-bond donors (Lipinski definition) is 1. The van der Waals surface area contributed by atoms with Gasteiger partial charge in [-0.3, -0.25) is 0 Å². The molecule has 2 N–H and O–H groups in total. The van der Waals surface area contributed by atoms with Crippen molar-refractivity contribution in [1.82, 2.24) is 0 Å². The van der Waals surface area contributed by atoms with Crippen molar-refractivity contribution in [1.29, 1.82) is 0 Å². The van der Waals surface area contributed by atoms with Gasteiger partial charge in [0.15, 0.2) is 0 Å². The summed E-state index contributed by atoms with van der Waals surface area (Å²) in [6, 6.07) is 5.36. The van der Waals surface area contributed by atoms with Crippen molar-refractivity contribution in [2.75, 3.05) is 6.54 Å². The van der Waals surface area contributed by atoms with Crippen LogP contribution in [0.5, 0.6) is 0 Å². The highest BCUT2D eigenvalue weighted by atomic mass is 19.4. The minimum Gasteiger partial charge on any atom is -0.330 e. The molecule has 4 heteroatoms.